The van der Waals surface area contributed by atoms with Gasteiger partial charge in [-0.2, -0.15) is 5.26 Å². The lowest BCUT2D eigenvalue weighted by atomic mass is 10.0. The minimum atomic E-state index is -1.00. The summed E-state index contributed by atoms with van der Waals surface area (Å²) < 4.78 is 5.39. The van der Waals surface area contributed by atoms with Crippen LogP contribution in [0.5, 0.6) is 0 Å². The van der Waals surface area contributed by atoms with Crippen molar-refractivity contribution in [1.29, 1.82) is 5.26 Å². The zero-order valence-corrected chi connectivity index (χ0v) is 22.2. The second-order valence-electron chi connectivity index (χ2n) is 11.2. The molecule has 3 aliphatic rings. The molecular weight excluding hydrogens is 490 g/mol. The Bertz CT molecular complexity index is 1140. The van der Waals surface area contributed by atoms with E-state index in [1.54, 1.807) is 32.9 Å². The first-order valence-corrected chi connectivity index (χ1v) is 13.0. The molecular formula is C27H35N5O6. The van der Waals surface area contributed by atoms with Crippen molar-refractivity contribution in [2.45, 2.75) is 82.8 Å². The van der Waals surface area contributed by atoms with Gasteiger partial charge in [-0.3, -0.25) is 14.5 Å². The van der Waals surface area contributed by atoms with E-state index in [2.05, 4.69) is 11.4 Å². The number of likely N-dealkylation sites (tertiary alicyclic amines) is 3. The molecule has 0 saturated carbocycles. The zero-order valence-electron chi connectivity index (χ0n) is 22.2. The van der Waals surface area contributed by atoms with Gasteiger partial charge in [-0.1, -0.05) is 12.1 Å². The Hall–Kier alpha value is -3.65. The molecule has 2 N–H and O–H groups in total. The Morgan fingerprint density at radius 1 is 1.24 bits per heavy atom. The number of nitriles is 1. The van der Waals surface area contributed by atoms with Crippen LogP contribution in [0.4, 0.5) is 4.79 Å². The molecule has 0 aromatic heterocycles. The fourth-order valence-electron chi connectivity index (χ4n) is 5.70. The number of aromatic carboxylic acids is 1. The maximum Gasteiger partial charge on any atom is 0.408 e. The minimum Gasteiger partial charge on any atom is -0.478 e. The van der Waals surface area contributed by atoms with E-state index in [1.165, 1.54) is 17.0 Å². The summed E-state index contributed by atoms with van der Waals surface area (Å²) in [5.74, 6) is -1.41. The molecule has 3 amide bonds. The number of nitrogens with zero attached hydrogens (tertiary/aromatic N) is 4. The van der Waals surface area contributed by atoms with E-state index in [0.717, 1.165) is 12.0 Å². The van der Waals surface area contributed by atoms with E-state index in [-0.39, 0.29) is 36.0 Å². The van der Waals surface area contributed by atoms with Gasteiger partial charge in [-0.25, -0.2) is 9.59 Å². The maximum absolute atomic E-state index is 13.5. The van der Waals surface area contributed by atoms with Crippen molar-refractivity contribution in [2.75, 3.05) is 19.6 Å². The van der Waals surface area contributed by atoms with Crippen molar-refractivity contribution in [1.82, 2.24) is 20.0 Å². The predicted octanol–water partition coefficient (Wildman–Crippen LogP) is 2.14. The molecule has 0 radical (unpaired) electrons. The lowest BCUT2D eigenvalue weighted by Crippen LogP contribution is -2.59. The number of rotatable bonds is 7. The number of amides is 3. The summed E-state index contributed by atoms with van der Waals surface area (Å²) in [6, 6.07) is 6.46. The summed E-state index contributed by atoms with van der Waals surface area (Å²) in [4.78, 5) is 55.9. The van der Waals surface area contributed by atoms with E-state index in [9.17, 15) is 24.4 Å². The lowest BCUT2D eigenvalue weighted by molar-refractivity contribution is -0.141. The molecule has 1 aromatic carbocycles. The van der Waals surface area contributed by atoms with Crippen LogP contribution >= 0.6 is 0 Å². The van der Waals surface area contributed by atoms with Gasteiger partial charge in [-0.05, 0) is 64.7 Å². The highest BCUT2D eigenvalue weighted by Crippen LogP contribution is 2.38. The summed E-state index contributed by atoms with van der Waals surface area (Å²) >= 11 is 0. The second kappa shape index (κ2) is 10.6. The van der Waals surface area contributed by atoms with E-state index in [0.29, 0.717) is 25.9 Å². The number of benzene rings is 1. The largest absolute Gasteiger partial charge is 0.478 e. The number of carboxylic acid groups (broad SMARTS) is 1. The van der Waals surface area contributed by atoms with E-state index in [4.69, 9.17) is 9.84 Å². The molecule has 11 nitrogen and oxygen atoms in total. The molecule has 0 spiro atoms. The first-order valence-electron chi connectivity index (χ1n) is 13.0. The summed E-state index contributed by atoms with van der Waals surface area (Å²) in [5.41, 5.74) is 0.285. The summed E-state index contributed by atoms with van der Waals surface area (Å²) in [6.07, 6.45) is 1.19. The Morgan fingerprint density at radius 2 is 1.92 bits per heavy atom. The van der Waals surface area contributed by atoms with Crippen molar-refractivity contribution in [3.63, 3.8) is 0 Å². The third kappa shape index (κ3) is 5.60. The second-order valence-corrected chi connectivity index (χ2v) is 11.2. The highest BCUT2D eigenvalue weighted by molar-refractivity contribution is 5.89. The maximum atomic E-state index is 13.5. The minimum absolute atomic E-state index is 0.0596. The fraction of sp³-hybridized carbons (Fsp3) is 0.593. The average Bonchev–Trinajstić information content (AvgIpc) is 3.56. The Balaban J connectivity index is 1.47. The van der Waals surface area contributed by atoms with Crippen LogP contribution in [0.3, 0.4) is 0 Å². The number of nitrogens with one attached hydrogen (secondary N) is 1. The van der Waals surface area contributed by atoms with Crippen LogP contribution in [0.1, 0.15) is 68.9 Å². The van der Waals surface area contributed by atoms with Gasteiger partial charge in [0.05, 0.1) is 23.7 Å². The summed E-state index contributed by atoms with van der Waals surface area (Å²) in [7, 11) is 0. The van der Waals surface area contributed by atoms with Crippen molar-refractivity contribution >= 4 is 23.9 Å². The number of piperazine rings is 1. The van der Waals surface area contributed by atoms with E-state index >= 15 is 0 Å². The molecule has 11 heteroatoms. The Morgan fingerprint density at radius 3 is 2.50 bits per heavy atom. The number of carbonyl (C=O) groups excluding carboxylic acids is 3. The van der Waals surface area contributed by atoms with Gasteiger partial charge < -0.3 is 25.0 Å². The number of hydrogen-bond donors (Lipinski definition) is 2. The van der Waals surface area contributed by atoms with Gasteiger partial charge >= 0.3 is 12.1 Å². The van der Waals surface area contributed by atoms with E-state index < -0.39 is 35.8 Å². The van der Waals surface area contributed by atoms with Crippen LogP contribution in [0.25, 0.3) is 0 Å². The number of carboxylic acids is 1. The first-order chi connectivity index (χ1) is 17.9. The smallest absolute Gasteiger partial charge is 0.408 e. The van der Waals surface area contributed by atoms with Gasteiger partial charge in [-0.15, -0.1) is 0 Å². The highest BCUT2D eigenvalue weighted by atomic mass is 16.6. The zero-order chi connectivity index (χ0) is 27.8. The van der Waals surface area contributed by atoms with Gasteiger partial charge in [0, 0.05) is 25.7 Å². The number of hydrogen-bond acceptors (Lipinski definition) is 7. The third-order valence-corrected chi connectivity index (χ3v) is 7.46. The molecule has 4 rings (SSSR count). The molecule has 3 fully saturated rings. The molecule has 0 unspecified atom stereocenters. The monoisotopic (exact) mass is 525 g/mol. The lowest BCUT2D eigenvalue weighted by Gasteiger charge is -2.39. The van der Waals surface area contributed by atoms with Gasteiger partial charge in [0.25, 0.3) is 0 Å². The third-order valence-electron chi connectivity index (χ3n) is 7.46. The van der Waals surface area contributed by atoms with Crippen molar-refractivity contribution < 1.29 is 29.0 Å². The van der Waals surface area contributed by atoms with Gasteiger partial charge in [0.1, 0.15) is 17.7 Å². The number of carbonyl (C=O) groups is 4. The molecule has 0 aliphatic carbocycles. The van der Waals surface area contributed by atoms with Crippen LogP contribution in [-0.4, -0.2) is 93.1 Å². The summed E-state index contributed by atoms with van der Waals surface area (Å²) in [5, 5.41) is 21.3. The average molecular weight is 526 g/mol. The normalized spacial score (nSPS) is 24.7. The van der Waals surface area contributed by atoms with Crippen LogP contribution in [0.2, 0.25) is 0 Å². The number of fused-ring (bicyclic) bond motifs is 2. The number of ether oxygens (including phenoxy) is 1. The molecule has 1 aromatic rings. The van der Waals surface area contributed by atoms with Crippen molar-refractivity contribution in [2.24, 2.45) is 0 Å². The molecule has 3 saturated heterocycles. The standard InChI is InChI=1S/C27H35N5O6/c1-16(17-7-9-18(10-8-17)25(35)36)32-20-12-22(24(32)34)30(14-20)15-21(29-26(37)38-27(2,3)4)23(33)31-11-5-6-19(31)13-28/h7-10,16,19-22H,5-6,11-12,14-15H2,1-4H3,(H,29,37)(H,35,36)/t16-,19-,20-,21-,22-/m0/s1. The molecule has 5 atom stereocenters. The Kier molecular flexibility index (Phi) is 7.65. The van der Waals surface area contributed by atoms with Gasteiger partial charge in [0.15, 0.2) is 0 Å². The van der Waals surface area contributed by atoms with Crippen molar-refractivity contribution in [3.05, 3.63) is 35.4 Å². The fourth-order valence-corrected chi connectivity index (χ4v) is 5.70. The van der Waals surface area contributed by atoms with Crippen LogP contribution in [0.15, 0.2) is 24.3 Å². The highest BCUT2D eigenvalue weighted by Gasteiger charge is 2.52. The quantitative estimate of drug-likeness (QED) is 0.551. The summed E-state index contributed by atoms with van der Waals surface area (Å²) in [6.45, 7) is 8.24. The van der Waals surface area contributed by atoms with Crippen LogP contribution in [0, 0.1) is 11.3 Å². The predicted molar refractivity (Wildman–Crippen MR) is 136 cm³/mol. The molecule has 3 aliphatic heterocycles. The first kappa shape index (κ1) is 27.4. The number of alkyl carbamates (subject to hydrolysis) is 1. The Labute approximate surface area is 222 Å². The molecule has 2 bridgehead atoms. The van der Waals surface area contributed by atoms with E-state index in [1.807, 2.05) is 16.7 Å². The SMILES string of the molecule is C[C@@H](c1ccc(C(=O)O)cc1)N1C(=O)[C@@H]2C[C@H]1CN2C[C@H](NC(=O)OC(C)(C)C)C(=O)N1CCC[C@H]1C#N. The molecule has 204 valence electrons. The van der Waals surface area contributed by atoms with Gasteiger partial charge in [0.2, 0.25) is 11.8 Å². The van der Waals surface area contributed by atoms with Crippen LogP contribution < -0.4 is 5.32 Å². The molecule has 38 heavy (non-hydrogen) atoms. The topological polar surface area (TPSA) is 143 Å². The molecule has 3 heterocycles. The van der Waals surface area contributed by atoms with Crippen molar-refractivity contribution in [3.8, 4) is 6.07 Å². The van der Waals surface area contributed by atoms with Crippen LogP contribution in [-0.2, 0) is 14.3 Å².